The third-order valence-corrected chi connectivity index (χ3v) is 6.20. The molecule has 1 aromatic rings. The zero-order valence-electron chi connectivity index (χ0n) is 12.9. The second-order valence-electron chi connectivity index (χ2n) is 7.42. The Morgan fingerprint density at radius 2 is 1.95 bits per heavy atom. The van der Waals surface area contributed by atoms with Crippen molar-refractivity contribution in [3.05, 3.63) is 29.3 Å². The van der Waals surface area contributed by atoms with Crippen molar-refractivity contribution >= 4 is 0 Å². The van der Waals surface area contributed by atoms with Crippen LogP contribution >= 0.6 is 0 Å². The van der Waals surface area contributed by atoms with E-state index in [0.717, 1.165) is 18.3 Å². The van der Waals surface area contributed by atoms with Crippen LogP contribution in [0.3, 0.4) is 0 Å². The maximum Gasteiger partial charge on any atom is 0.119 e. The quantitative estimate of drug-likeness (QED) is 0.861. The van der Waals surface area contributed by atoms with E-state index in [1.807, 2.05) is 12.1 Å². The van der Waals surface area contributed by atoms with E-state index in [0.29, 0.717) is 17.7 Å². The molecule has 0 spiro atoms. The first-order chi connectivity index (χ1) is 10.3. The second-order valence-corrected chi connectivity index (χ2v) is 7.42. The highest BCUT2D eigenvalue weighted by atomic mass is 16.3. The van der Waals surface area contributed by atoms with Crippen LogP contribution in [0, 0.1) is 11.8 Å². The summed E-state index contributed by atoms with van der Waals surface area (Å²) < 4.78 is 0. The normalized spacial score (nSPS) is 32.7. The van der Waals surface area contributed by atoms with Gasteiger partial charge in [0.1, 0.15) is 5.75 Å². The maximum absolute atomic E-state index is 10.2. The van der Waals surface area contributed by atoms with Gasteiger partial charge < -0.3 is 10.4 Å². The van der Waals surface area contributed by atoms with Crippen LogP contribution in [0.25, 0.3) is 0 Å². The van der Waals surface area contributed by atoms with Crippen molar-refractivity contribution in [2.24, 2.45) is 11.8 Å². The number of phenolic OH excluding ortho intramolecular Hbond substituents is 1. The molecule has 2 nitrogen and oxygen atoms in total. The molecule has 21 heavy (non-hydrogen) atoms. The molecular formula is C19H27NO. The van der Waals surface area contributed by atoms with Crippen LogP contribution in [0.5, 0.6) is 5.75 Å². The lowest BCUT2D eigenvalue weighted by molar-refractivity contribution is 0.277. The summed E-state index contributed by atoms with van der Waals surface area (Å²) in [5.41, 5.74) is 2.67. The van der Waals surface area contributed by atoms with Gasteiger partial charge >= 0.3 is 0 Å². The summed E-state index contributed by atoms with van der Waals surface area (Å²) in [5, 5.41) is 13.9. The third-order valence-electron chi connectivity index (χ3n) is 6.20. The largest absolute Gasteiger partial charge is 0.508 e. The lowest BCUT2D eigenvalue weighted by Gasteiger charge is -2.33. The molecule has 0 bridgehead atoms. The van der Waals surface area contributed by atoms with Crippen molar-refractivity contribution in [1.82, 2.24) is 5.32 Å². The molecule has 2 N–H and O–H groups in total. The van der Waals surface area contributed by atoms with Gasteiger partial charge in [-0.25, -0.2) is 0 Å². The molecule has 1 aromatic carbocycles. The van der Waals surface area contributed by atoms with Gasteiger partial charge in [-0.3, -0.25) is 0 Å². The molecule has 2 aliphatic carbocycles. The van der Waals surface area contributed by atoms with Gasteiger partial charge in [0.25, 0.3) is 0 Å². The van der Waals surface area contributed by atoms with Crippen LogP contribution < -0.4 is 5.32 Å². The van der Waals surface area contributed by atoms with Crippen molar-refractivity contribution < 1.29 is 5.11 Å². The van der Waals surface area contributed by atoms with Crippen LogP contribution in [0.1, 0.15) is 62.0 Å². The van der Waals surface area contributed by atoms with Gasteiger partial charge in [-0.1, -0.05) is 44.2 Å². The van der Waals surface area contributed by atoms with Gasteiger partial charge in [0, 0.05) is 12.0 Å². The number of fused-ring (bicyclic) bond motifs is 3. The molecule has 3 aliphatic rings. The van der Waals surface area contributed by atoms with E-state index in [-0.39, 0.29) is 0 Å². The van der Waals surface area contributed by atoms with Crippen molar-refractivity contribution in [3.63, 3.8) is 0 Å². The number of hydrogen-bond donors (Lipinski definition) is 2. The van der Waals surface area contributed by atoms with E-state index in [9.17, 15) is 5.11 Å². The minimum absolute atomic E-state index is 0.522. The van der Waals surface area contributed by atoms with Crippen LogP contribution in [-0.2, 0) is 6.42 Å². The monoisotopic (exact) mass is 285 g/mol. The second kappa shape index (κ2) is 5.64. The molecule has 0 radical (unpaired) electrons. The van der Waals surface area contributed by atoms with E-state index < -0.39 is 0 Å². The average Bonchev–Trinajstić information content (AvgIpc) is 2.92. The van der Waals surface area contributed by atoms with Gasteiger partial charge in [0.15, 0.2) is 0 Å². The zero-order chi connectivity index (χ0) is 14.2. The van der Waals surface area contributed by atoms with Crippen LogP contribution in [-0.4, -0.2) is 17.7 Å². The predicted molar refractivity (Wildman–Crippen MR) is 85.6 cm³/mol. The van der Waals surface area contributed by atoms with Gasteiger partial charge in [-0.05, 0) is 54.8 Å². The van der Waals surface area contributed by atoms with E-state index in [1.54, 1.807) is 0 Å². The number of hydrogen-bond acceptors (Lipinski definition) is 2. The number of nitrogens with one attached hydrogen (secondary N) is 1. The summed E-state index contributed by atoms with van der Waals surface area (Å²) in [7, 11) is 0. The Morgan fingerprint density at radius 1 is 1.10 bits per heavy atom. The Hall–Kier alpha value is -1.02. The van der Waals surface area contributed by atoms with E-state index in [1.165, 1.54) is 62.6 Å². The smallest absolute Gasteiger partial charge is 0.119 e. The van der Waals surface area contributed by atoms with Crippen molar-refractivity contribution in [2.75, 3.05) is 6.54 Å². The lowest BCUT2D eigenvalue weighted by Crippen LogP contribution is -2.31. The fraction of sp³-hybridized carbons (Fsp3) is 0.684. The molecule has 1 saturated carbocycles. The minimum Gasteiger partial charge on any atom is -0.508 e. The van der Waals surface area contributed by atoms with Crippen molar-refractivity contribution in [2.45, 2.75) is 63.3 Å². The Kier molecular flexibility index (Phi) is 3.66. The average molecular weight is 285 g/mol. The first-order valence-corrected chi connectivity index (χ1v) is 8.87. The number of benzene rings is 1. The number of aromatic hydroxyl groups is 1. The molecule has 3 unspecified atom stereocenters. The molecule has 4 rings (SSSR count). The Bertz CT molecular complexity index is 506. The highest BCUT2D eigenvalue weighted by molar-refractivity contribution is 5.44. The lowest BCUT2D eigenvalue weighted by atomic mass is 9.71. The van der Waals surface area contributed by atoms with E-state index >= 15 is 0 Å². The predicted octanol–water partition coefficient (Wildman–Crippen LogP) is 3.98. The highest BCUT2D eigenvalue weighted by Crippen LogP contribution is 2.46. The Balaban J connectivity index is 1.57. The summed E-state index contributed by atoms with van der Waals surface area (Å²) in [4.78, 5) is 0. The molecule has 0 amide bonds. The molecular weight excluding hydrogens is 258 g/mol. The first kappa shape index (κ1) is 13.6. The fourth-order valence-electron chi connectivity index (χ4n) is 5.19. The van der Waals surface area contributed by atoms with Crippen LogP contribution in [0.2, 0.25) is 0 Å². The summed E-state index contributed by atoms with van der Waals surface area (Å²) >= 11 is 0. The summed E-state index contributed by atoms with van der Waals surface area (Å²) in [6.07, 6.45) is 10.8. The molecule has 1 aliphatic heterocycles. The van der Waals surface area contributed by atoms with E-state index in [4.69, 9.17) is 0 Å². The molecule has 3 atom stereocenters. The number of rotatable bonds is 2. The zero-order valence-corrected chi connectivity index (χ0v) is 12.9. The van der Waals surface area contributed by atoms with E-state index in [2.05, 4.69) is 11.4 Å². The van der Waals surface area contributed by atoms with Gasteiger partial charge in [-0.2, -0.15) is 0 Å². The third kappa shape index (κ3) is 2.48. The fourth-order valence-corrected chi connectivity index (χ4v) is 5.19. The van der Waals surface area contributed by atoms with Crippen molar-refractivity contribution in [3.8, 4) is 5.75 Å². The van der Waals surface area contributed by atoms with Gasteiger partial charge in [0.2, 0.25) is 0 Å². The van der Waals surface area contributed by atoms with Gasteiger partial charge in [0.05, 0.1) is 0 Å². The van der Waals surface area contributed by atoms with Crippen LogP contribution in [0.4, 0.5) is 0 Å². The topological polar surface area (TPSA) is 32.3 Å². The van der Waals surface area contributed by atoms with Crippen LogP contribution in [0.15, 0.2) is 18.2 Å². The summed E-state index contributed by atoms with van der Waals surface area (Å²) in [6, 6.07) is 6.81. The van der Waals surface area contributed by atoms with Gasteiger partial charge in [-0.15, -0.1) is 0 Å². The maximum atomic E-state index is 10.2. The molecule has 114 valence electrons. The highest BCUT2D eigenvalue weighted by Gasteiger charge is 2.41. The standard InChI is InChI=1S/C19H27NO/c21-18-8-4-7-16-15(18)9-10-17-19(16)14(12-20-17)11-13-5-2-1-3-6-13/h4,7-8,13-14,17,19-21H,1-3,5-6,9-12H2. The van der Waals surface area contributed by atoms with Crippen molar-refractivity contribution in [1.29, 1.82) is 0 Å². The number of phenols is 1. The minimum atomic E-state index is 0.522. The Morgan fingerprint density at radius 3 is 2.81 bits per heavy atom. The summed E-state index contributed by atoms with van der Waals surface area (Å²) in [6.45, 7) is 1.18. The SMILES string of the molecule is Oc1cccc2c1CCC1NCC(CC3CCCCC3)C21. The molecule has 1 heterocycles. The first-order valence-electron chi connectivity index (χ1n) is 8.87. The Labute approximate surface area is 128 Å². The molecule has 1 saturated heterocycles. The summed E-state index contributed by atoms with van der Waals surface area (Å²) in [5.74, 6) is 2.89. The molecule has 2 heteroatoms. The molecule has 2 fully saturated rings. The molecule has 0 aromatic heterocycles.